The van der Waals surface area contributed by atoms with E-state index in [1.165, 1.54) is 11.8 Å². The highest BCUT2D eigenvalue weighted by molar-refractivity contribution is 5.79. The van der Waals surface area contributed by atoms with Gasteiger partial charge in [-0.1, -0.05) is 12.1 Å². The Hall–Kier alpha value is -2.61. The van der Waals surface area contributed by atoms with Crippen molar-refractivity contribution < 1.29 is 4.39 Å². The van der Waals surface area contributed by atoms with Crippen molar-refractivity contribution in [3.05, 3.63) is 47.5 Å². The van der Waals surface area contributed by atoms with Crippen molar-refractivity contribution in [3.8, 4) is 0 Å². The van der Waals surface area contributed by atoms with E-state index in [1.807, 2.05) is 19.1 Å². The molecule has 0 unspecified atom stereocenters. The van der Waals surface area contributed by atoms with Crippen LogP contribution >= 0.6 is 0 Å². The average molecular weight is 430 g/mol. The van der Waals surface area contributed by atoms with Gasteiger partial charge in [-0.3, -0.25) is 14.6 Å². The molecule has 8 heteroatoms. The largest absolute Gasteiger partial charge is 0.367 e. The van der Waals surface area contributed by atoms with Gasteiger partial charge in [0.05, 0.1) is 11.4 Å². The van der Waals surface area contributed by atoms with Gasteiger partial charge in [-0.15, -0.1) is 0 Å². The van der Waals surface area contributed by atoms with Gasteiger partial charge >= 0.3 is 0 Å². The minimum atomic E-state index is -0.131. The van der Waals surface area contributed by atoms with E-state index in [4.69, 9.17) is 0 Å². The summed E-state index contributed by atoms with van der Waals surface area (Å²) in [5.74, 6) is 0.714. The second kappa shape index (κ2) is 11.7. The zero-order chi connectivity index (χ0) is 22.1. The van der Waals surface area contributed by atoms with Crippen LogP contribution in [0.4, 0.5) is 10.1 Å². The third kappa shape index (κ3) is 6.95. The van der Waals surface area contributed by atoms with Crippen LogP contribution in [0, 0.1) is 19.7 Å². The molecule has 1 aromatic carbocycles. The Morgan fingerprint density at radius 3 is 2.32 bits per heavy atom. The molecule has 0 saturated carbocycles. The highest BCUT2D eigenvalue weighted by atomic mass is 19.1. The highest BCUT2D eigenvalue weighted by Gasteiger charge is 2.18. The molecule has 0 aliphatic carbocycles. The molecule has 2 heterocycles. The monoisotopic (exact) mass is 429 g/mol. The summed E-state index contributed by atoms with van der Waals surface area (Å²) in [5, 5.41) is 11.3. The molecular weight excluding hydrogens is 393 g/mol. The maximum Gasteiger partial charge on any atom is 0.190 e. The Bertz CT molecular complexity index is 840. The molecule has 1 aromatic heterocycles. The Labute approximate surface area is 185 Å². The number of piperazine rings is 1. The lowest BCUT2D eigenvalue weighted by atomic mass is 10.2. The van der Waals surface area contributed by atoms with Crippen LogP contribution in [-0.2, 0) is 6.54 Å². The van der Waals surface area contributed by atoms with Crippen LogP contribution in [0.5, 0.6) is 0 Å². The summed E-state index contributed by atoms with van der Waals surface area (Å²) in [5.41, 5.74) is 2.99. The smallest absolute Gasteiger partial charge is 0.190 e. The van der Waals surface area contributed by atoms with E-state index < -0.39 is 0 Å². The fourth-order valence-corrected chi connectivity index (χ4v) is 3.99. The zero-order valence-corrected chi connectivity index (χ0v) is 19.1. The molecule has 1 saturated heterocycles. The van der Waals surface area contributed by atoms with Crippen LogP contribution in [0.1, 0.15) is 24.2 Å². The minimum Gasteiger partial charge on any atom is -0.367 e. The number of hydrogen-bond acceptors (Lipinski definition) is 4. The number of aliphatic imine (C=N–C) groups is 1. The van der Waals surface area contributed by atoms with Gasteiger partial charge < -0.3 is 15.5 Å². The van der Waals surface area contributed by atoms with Crippen LogP contribution in [0.25, 0.3) is 0 Å². The molecule has 31 heavy (non-hydrogen) atoms. The van der Waals surface area contributed by atoms with Crippen LogP contribution in [-0.4, -0.2) is 73.5 Å². The number of nitrogens with zero attached hydrogens (tertiary/aromatic N) is 5. The molecule has 7 nitrogen and oxygen atoms in total. The first-order valence-electron chi connectivity index (χ1n) is 11.2. The van der Waals surface area contributed by atoms with E-state index >= 15 is 0 Å². The normalized spacial score (nSPS) is 15.4. The van der Waals surface area contributed by atoms with Gasteiger partial charge in [-0.2, -0.15) is 5.10 Å². The molecule has 1 aliphatic heterocycles. The van der Waals surface area contributed by atoms with E-state index in [1.54, 1.807) is 13.1 Å². The summed E-state index contributed by atoms with van der Waals surface area (Å²) in [6.45, 7) is 11.5. The Morgan fingerprint density at radius 1 is 1.03 bits per heavy atom. The van der Waals surface area contributed by atoms with Gasteiger partial charge in [0.2, 0.25) is 0 Å². The number of rotatable bonds is 9. The van der Waals surface area contributed by atoms with Gasteiger partial charge in [-0.05, 0) is 51.4 Å². The first-order chi connectivity index (χ1) is 15.1. The molecule has 170 valence electrons. The number of aryl methyl sites for hydroxylation is 3. The number of benzene rings is 1. The van der Waals surface area contributed by atoms with Gasteiger partial charge in [-0.25, -0.2) is 4.39 Å². The summed E-state index contributed by atoms with van der Waals surface area (Å²) in [6.07, 6.45) is 2.04. The minimum absolute atomic E-state index is 0.131. The van der Waals surface area contributed by atoms with Crippen LogP contribution in [0.3, 0.4) is 0 Å². The third-order valence-corrected chi connectivity index (χ3v) is 5.68. The van der Waals surface area contributed by atoms with E-state index in [-0.39, 0.29) is 5.82 Å². The standard InChI is InChI=1S/C23H36FN7/c1-19-18-20(2)31(28-19)13-7-11-27-23(25-3)26-10-6-12-29-14-16-30(17-15-29)22-9-5-4-8-21(22)24/h4-5,8-9,18H,6-7,10-17H2,1-3H3,(H2,25,26,27). The maximum atomic E-state index is 14.0. The second-order valence-corrected chi connectivity index (χ2v) is 8.06. The maximum absolute atomic E-state index is 14.0. The highest BCUT2D eigenvalue weighted by Crippen LogP contribution is 2.20. The third-order valence-electron chi connectivity index (χ3n) is 5.68. The van der Waals surface area contributed by atoms with Gasteiger partial charge in [0.15, 0.2) is 5.96 Å². The van der Waals surface area contributed by atoms with Crippen molar-refractivity contribution in [2.45, 2.75) is 33.2 Å². The van der Waals surface area contributed by atoms with Gasteiger partial charge in [0.25, 0.3) is 0 Å². The average Bonchev–Trinajstić information content (AvgIpc) is 3.10. The molecule has 1 fully saturated rings. The summed E-state index contributed by atoms with van der Waals surface area (Å²) < 4.78 is 16.0. The van der Waals surface area contributed by atoms with Gasteiger partial charge in [0, 0.05) is 58.6 Å². The quantitative estimate of drug-likeness (QED) is 0.364. The van der Waals surface area contributed by atoms with Crippen molar-refractivity contribution in [1.82, 2.24) is 25.3 Å². The van der Waals surface area contributed by atoms with E-state index in [2.05, 4.69) is 48.2 Å². The molecule has 0 atom stereocenters. The van der Waals surface area contributed by atoms with Crippen molar-refractivity contribution in [1.29, 1.82) is 0 Å². The van der Waals surface area contributed by atoms with Crippen LogP contribution < -0.4 is 15.5 Å². The molecule has 3 rings (SSSR count). The molecule has 0 amide bonds. The lowest BCUT2D eigenvalue weighted by molar-refractivity contribution is 0.254. The van der Waals surface area contributed by atoms with E-state index in [9.17, 15) is 4.39 Å². The number of halogens is 1. The number of guanidine groups is 1. The lowest BCUT2D eigenvalue weighted by Gasteiger charge is -2.36. The number of hydrogen-bond donors (Lipinski definition) is 2. The van der Waals surface area contributed by atoms with Crippen molar-refractivity contribution >= 4 is 11.6 Å². The fourth-order valence-electron chi connectivity index (χ4n) is 3.99. The van der Waals surface area contributed by atoms with E-state index in [0.717, 1.165) is 82.5 Å². The summed E-state index contributed by atoms with van der Waals surface area (Å²) in [7, 11) is 1.80. The second-order valence-electron chi connectivity index (χ2n) is 8.06. The Morgan fingerprint density at radius 2 is 1.71 bits per heavy atom. The number of anilines is 1. The van der Waals surface area contributed by atoms with Gasteiger partial charge in [0.1, 0.15) is 5.82 Å². The molecule has 0 bridgehead atoms. The lowest BCUT2D eigenvalue weighted by Crippen LogP contribution is -2.47. The first kappa shape index (κ1) is 23.1. The summed E-state index contributed by atoms with van der Waals surface area (Å²) >= 11 is 0. The van der Waals surface area contributed by atoms with Crippen molar-refractivity contribution in [3.63, 3.8) is 0 Å². The predicted octanol–water partition coefficient (Wildman–Crippen LogP) is 2.41. The van der Waals surface area contributed by atoms with Crippen LogP contribution in [0.2, 0.25) is 0 Å². The van der Waals surface area contributed by atoms with Crippen LogP contribution in [0.15, 0.2) is 35.3 Å². The summed E-state index contributed by atoms with van der Waals surface area (Å²) in [4.78, 5) is 8.90. The van der Waals surface area contributed by atoms with Crippen molar-refractivity contribution in [2.24, 2.45) is 4.99 Å². The number of aromatic nitrogens is 2. The molecule has 0 radical (unpaired) electrons. The molecule has 1 aliphatic rings. The molecule has 0 spiro atoms. The predicted molar refractivity (Wildman–Crippen MR) is 125 cm³/mol. The first-order valence-corrected chi connectivity index (χ1v) is 11.2. The Kier molecular flexibility index (Phi) is 8.70. The SMILES string of the molecule is CN=C(NCCCN1CCN(c2ccccc2F)CC1)NCCCn1nc(C)cc1C. The summed E-state index contributed by atoms with van der Waals surface area (Å²) in [6, 6.07) is 9.15. The Balaban J connectivity index is 1.27. The van der Waals surface area contributed by atoms with Crippen molar-refractivity contribution in [2.75, 3.05) is 57.8 Å². The molecule has 2 N–H and O–H groups in total. The molecule has 2 aromatic rings. The van der Waals surface area contributed by atoms with E-state index in [0.29, 0.717) is 0 Å². The topological polar surface area (TPSA) is 60.7 Å². The molecular formula is C23H36FN7. The number of nitrogens with one attached hydrogen (secondary N) is 2. The zero-order valence-electron chi connectivity index (χ0n) is 19.1. The number of para-hydroxylation sites is 1. The fraction of sp³-hybridized carbons (Fsp3) is 0.565.